The molecule has 0 aromatic heterocycles. The van der Waals surface area contributed by atoms with Gasteiger partial charge < -0.3 is 20.8 Å². The van der Waals surface area contributed by atoms with Crippen LogP contribution < -0.4 is 10.6 Å². The zero-order valence-corrected chi connectivity index (χ0v) is 10.6. The van der Waals surface area contributed by atoms with Crippen molar-refractivity contribution in [3.8, 4) is 0 Å². The van der Waals surface area contributed by atoms with Crippen LogP contribution in [0.4, 0.5) is 4.79 Å². The van der Waals surface area contributed by atoms with E-state index in [1.54, 1.807) is 0 Å². The van der Waals surface area contributed by atoms with E-state index in [9.17, 15) is 14.4 Å². The maximum absolute atomic E-state index is 11.4. The number of carboxylic acids is 2. The lowest BCUT2D eigenvalue weighted by atomic mass is 10.1. The van der Waals surface area contributed by atoms with Crippen molar-refractivity contribution in [3.05, 3.63) is 0 Å². The Labute approximate surface area is 106 Å². The molecule has 0 saturated carbocycles. The maximum atomic E-state index is 11.4. The third-order valence-electron chi connectivity index (χ3n) is 2.26. The first-order chi connectivity index (χ1) is 8.32. The molecule has 0 heterocycles. The summed E-state index contributed by atoms with van der Waals surface area (Å²) in [7, 11) is 0. The Morgan fingerprint density at radius 2 is 1.72 bits per heavy atom. The van der Waals surface area contributed by atoms with Crippen molar-refractivity contribution < 1.29 is 24.6 Å². The maximum Gasteiger partial charge on any atom is 0.326 e. The van der Waals surface area contributed by atoms with Gasteiger partial charge >= 0.3 is 18.0 Å². The summed E-state index contributed by atoms with van der Waals surface area (Å²) in [4.78, 5) is 32.5. The van der Waals surface area contributed by atoms with Crippen LogP contribution in [0.2, 0.25) is 0 Å². The number of aliphatic carboxylic acids is 2. The highest BCUT2D eigenvalue weighted by Crippen LogP contribution is 1.99. The van der Waals surface area contributed by atoms with Crippen LogP contribution in [0, 0.1) is 5.92 Å². The molecule has 2 amide bonds. The first-order valence-corrected chi connectivity index (χ1v) is 5.82. The average Bonchev–Trinajstić information content (AvgIpc) is 2.22. The van der Waals surface area contributed by atoms with Gasteiger partial charge in [-0.1, -0.05) is 13.8 Å². The number of rotatable bonds is 8. The summed E-state index contributed by atoms with van der Waals surface area (Å²) < 4.78 is 0. The minimum Gasteiger partial charge on any atom is -0.481 e. The van der Waals surface area contributed by atoms with Crippen LogP contribution >= 0.6 is 0 Å². The molecule has 0 aliphatic heterocycles. The fraction of sp³-hybridized carbons (Fsp3) is 0.727. The van der Waals surface area contributed by atoms with E-state index in [1.807, 2.05) is 13.8 Å². The molecule has 18 heavy (non-hydrogen) atoms. The second kappa shape index (κ2) is 8.32. The van der Waals surface area contributed by atoms with E-state index in [1.165, 1.54) is 0 Å². The Morgan fingerprint density at radius 3 is 2.17 bits per heavy atom. The minimum absolute atomic E-state index is 0.137. The molecule has 0 spiro atoms. The Morgan fingerprint density at radius 1 is 1.11 bits per heavy atom. The van der Waals surface area contributed by atoms with Gasteiger partial charge in [0.05, 0.1) is 0 Å². The second-order valence-electron chi connectivity index (χ2n) is 4.41. The zero-order chi connectivity index (χ0) is 14.1. The molecule has 0 rings (SSSR count). The molecule has 0 fully saturated rings. The molecule has 0 aliphatic rings. The summed E-state index contributed by atoms with van der Waals surface area (Å²) >= 11 is 0. The Hall–Kier alpha value is -1.79. The molecule has 0 radical (unpaired) electrons. The van der Waals surface area contributed by atoms with Crippen molar-refractivity contribution in [3.63, 3.8) is 0 Å². The fourth-order valence-corrected chi connectivity index (χ4v) is 1.21. The highest BCUT2D eigenvalue weighted by atomic mass is 16.4. The number of carbonyl (C=O) groups excluding carboxylic acids is 1. The van der Waals surface area contributed by atoms with Gasteiger partial charge in [-0.15, -0.1) is 0 Å². The summed E-state index contributed by atoms with van der Waals surface area (Å²) in [5.74, 6) is -1.90. The predicted molar refractivity (Wildman–Crippen MR) is 64.3 cm³/mol. The number of carboxylic acid groups (broad SMARTS) is 2. The largest absolute Gasteiger partial charge is 0.481 e. The third-order valence-corrected chi connectivity index (χ3v) is 2.26. The summed E-state index contributed by atoms with van der Waals surface area (Å²) in [5.41, 5.74) is 0. The zero-order valence-electron chi connectivity index (χ0n) is 10.6. The first kappa shape index (κ1) is 16.2. The normalized spacial score (nSPS) is 11.9. The molecule has 0 saturated heterocycles. The van der Waals surface area contributed by atoms with Crippen LogP contribution in [0.25, 0.3) is 0 Å². The SMILES string of the molecule is CC(C)CCNC(=O)NC(CCC(=O)O)C(=O)O. The van der Waals surface area contributed by atoms with Crippen molar-refractivity contribution in [2.75, 3.05) is 6.54 Å². The molecule has 4 N–H and O–H groups in total. The van der Waals surface area contributed by atoms with E-state index in [4.69, 9.17) is 10.2 Å². The highest BCUT2D eigenvalue weighted by Gasteiger charge is 2.20. The van der Waals surface area contributed by atoms with Gasteiger partial charge in [-0.25, -0.2) is 9.59 Å². The number of hydrogen-bond donors (Lipinski definition) is 4. The number of hydrogen-bond acceptors (Lipinski definition) is 3. The predicted octanol–water partition coefficient (Wildman–Crippen LogP) is 0.650. The van der Waals surface area contributed by atoms with Gasteiger partial charge in [0.25, 0.3) is 0 Å². The van der Waals surface area contributed by atoms with E-state index in [-0.39, 0.29) is 12.8 Å². The van der Waals surface area contributed by atoms with Crippen molar-refractivity contribution in [2.45, 2.75) is 39.2 Å². The third kappa shape index (κ3) is 8.37. The summed E-state index contributed by atoms with van der Waals surface area (Å²) in [6, 6.07) is -1.77. The molecule has 0 aromatic carbocycles. The lowest BCUT2D eigenvalue weighted by Gasteiger charge is -2.14. The molecule has 7 nitrogen and oxygen atoms in total. The Bertz CT molecular complexity index is 304. The molecule has 0 bridgehead atoms. The van der Waals surface area contributed by atoms with E-state index in [2.05, 4.69) is 10.6 Å². The highest BCUT2D eigenvalue weighted by molar-refractivity contribution is 5.82. The molecular formula is C11H20N2O5. The van der Waals surface area contributed by atoms with Crippen LogP contribution in [-0.2, 0) is 9.59 Å². The topological polar surface area (TPSA) is 116 Å². The van der Waals surface area contributed by atoms with Crippen LogP contribution in [0.3, 0.4) is 0 Å². The lowest BCUT2D eigenvalue weighted by Crippen LogP contribution is -2.46. The molecule has 0 aliphatic carbocycles. The van der Waals surface area contributed by atoms with Gasteiger partial charge in [0.2, 0.25) is 0 Å². The number of amides is 2. The van der Waals surface area contributed by atoms with Gasteiger partial charge in [-0.05, 0) is 18.8 Å². The van der Waals surface area contributed by atoms with Crippen LogP contribution in [0.1, 0.15) is 33.1 Å². The van der Waals surface area contributed by atoms with Crippen LogP contribution in [0.15, 0.2) is 0 Å². The number of nitrogens with one attached hydrogen (secondary N) is 2. The molecule has 104 valence electrons. The first-order valence-electron chi connectivity index (χ1n) is 5.82. The van der Waals surface area contributed by atoms with Crippen molar-refractivity contribution >= 4 is 18.0 Å². The number of carbonyl (C=O) groups is 3. The van der Waals surface area contributed by atoms with E-state index >= 15 is 0 Å². The molecule has 0 aromatic rings. The Kier molecular flexibility index (Phi) is 7.50. The van der Waals surface area contributed by atoms with E-state index < -0.39 is 24.0 Å². The Balaban J connectivity index is 4.04. The van der Waals surface area contributed by atoms with Gasteiger partial charge in [0.15, 0.2) is 0 Å². The molecular weight excluding hydrogens is 240 g/mol. The smallest absolute Gasteiger partial charge is 0.326 e. The van der Waals surface area contributed by atoms with Crippen molar-refractivity contribution in [2.24, 2.45) is 5.92 Å². The van der Waals surface area contributed by atoms with Gasteiger partial charge in [0.1, 0.15) is 6.04 Å². The lowest BCUT2D eigenvalue weighted by molar-refractivity contribution is -0.140. The molecule has 1 unspecified atom stereocenters. The van der Waals surface area contributed by atoms with E-state index in [0.29, 0.717) is 12.5 Å². The van der Waals surface area contributed by atoms with Crippen LogP contribution in [-0.4, -0.2) is 40.8 Å². The second-order valence-corrected chi connectivity index (χ2v) is 4.41. The average molecular weight is 260 g/mol. The molecule has 1 atom stereocenters. The number of urea groups is 1. The summed E-state index contributed by atoms with van der Waals surface area (Å²) in [6.07, 6.45) is 0.353. The monoisotopic (exact) mass is 260 g/mol. The summed E-state index contributed by atoms with van der Waals surface area (Å²) in [6.45, 7) is 4.47. The van der Waals surface area contributed by atoms with Gasteiger partial charge in [-0.2, -0.15) is 0 Å². The summed E-state index contributed by atoms with van der Waals surface area (Å²) in [5, 5.41) is 22.0. The van der Waals surface area contributed by atoms with Crippen LogP contribution in [0.5, 0.6) is 0 Å². The quantitative estimate of drug-likeness (QED) is 0.511. The van der Waals surface area contributed by atoms with Crippen molar-refractivity contribution in [1.82, 2.24) is 10.6 Å². The standard InChI is InChI=1S/C11H20N2O5/c1-7(2)5-6-12-11(18)13-8(10(16)17)3-4-9(14)15/h7-8H,3-6H2,1-2H3,(H,14,15)(H,16,17)(H2,12,13,18). The van der Waals surface area contributed by atoms with Crippen molar-refractivity contribution in [1.29, 1.82) is 0 Å². The van der Waals surface area contributed by atoms with E-state index in [0.717, 1.165) is 6.42 Å². The van der Waals surface area contributed by atoms with Gasteiger partial charge in [0, 0.05) is 13.0 Å². The molecule has 7 heteroatoms. The fourth-order valence-electron chi connectivity index (χ4n) is 1.21. The minimum atomic E-state index is -1.24. The van der Waals surface area contributed by atoms with Gasteiger partial charge in [-0.3, -0.25) is 4.79 Å².